The summed E-state index contributed by atoms with van der Waals surface area (Å²) >= 11 is 5.15. The molecule has 1 aromatic heterocycles. The number of hydrogen-bond acceptors (Lipinski definition) is 4. The van der Waals surface area contributed by atoms with Crippen LogP contribution in [0.15, 0.2) is 32.7 Å². The summed E-state index contributed by atoms with van der Waals surface area (Å²) in [6, 6.07) is 6.19. The van der Waals surface area contributed by atoms with Crippen molar-refractivity contribution in [3.8, 4) is 0 Å². The fourth-order valence-electron chi connectivity index (χ4n) is 1.77. The highest BCUT2D eigenvalue weighted by molar-refractivity contribution is 9.10. The first kappa shape index (κ1) is 15.5. The highest BCUT2D eigenvalue weighted by Gasteiger charge is 2.10. The molecule has 0 aliphatic rings. The number of halogens is 1. The molecule has 0 saturated carbocycles. The Morgan fingerprint density at radius 3 is 2.25 bits per heavy atom. The van der Waals surface area contributed by atoms with Crippen LogP contribution in [0.2, 0.25) is 0 Å². The van der Waals surface area contributed by atoms with Gasteiger partial charge in [0.1, 0.15) is 0 Å². The van der Waals surface area contributed by atoms with Crippen molar-refractivity contribution in [3.63, 3.8) is 0 Å². The highest BCUT2D eigenvalue weighted by atomic mass is 79.9. The number of aromatic nitrogens is 2. The topological polar surface area (TPSA) is 51.8 Å². The van der Waals surface area contributed by atoms with Crippen molar-refractivity contribution in [2.45, 2.75) is 43.8 Å². The van der Waals surface area contributed by atoms with Crippen molar-refractivity contribution in [3.05, 3.63) is 45.2 Å². The summed E-state index contributed by atoms with van der Waals surface area (Å²) < 4.78 is 1.02. The summed E-state index contributed by atoms with van der Waals surface area (Å²) in [5.41, 5.74) is 10.2. The second kappa shape index (κ2) is 6.24. The van der Waals surface area contributed by atoms with Gasteiger partial charge >= 0.3 is 0 Å². The first-order valence-corrected chi connectivity index (χ1v) is 8.04. The molecule has 0 amide bonds. The molecule has 2 aromatic rings. The molecule has 0 aliphatic carbocycles. The van der Waals surface area contributed by atoms with E-state index in [4.69, 9.17) is 5.73 Å². The number of aryl methyl sites for hydroxylation is 2. The van der Waals surface area contributed by atoms with Crippen LogP contribution >= 0.6 is 27.7 Å². The fraction of sp³-hybridized carbons (Fsp3) is 0.333. The maximum atomic E-state index is 5.89. The van der Waals surface area contributed by atoms with E-state index in [2.05, 4.69) is 38.0 Å². The van der Waals surface area contributed by atoms with Crippen LogP contribution in [0.4, 0.5) is 0 Å². The average Bonchev–Trinajstić information content (AvgIpc) is 2.38. The van der Waals surface area contributed by atoms with E-state index < -0.39 is 0 Å². The Balaban J connectivity index is 2.31. The zero-order valence-electron chi connectivity index (χ0n) is 12.1. The Morgan fingerprint density at radius 1 is 1.15 bits per heavy atom. The minimum absolute atomic E-state index is 0.0328. The fourth-order valence-corrected chi connectivity index (χ4v) is 3.26. The van der Waals surface area contributed by atoms with Gasteiger partial charge in [-0.2, -0.15) is 0 Å². The molecule has 1 heterocycles. The van der Waals surface area contributed by atoms with Crippen LogP contribution in [0.5, 0.6) is 0 Å². The van der Waals surface area contributed by atoms with Gasteiger partial charge in [-0.05, 0) is 78.6 Å². The molecule has 0 aliphatic heterocycles. The summed E-state index contributed by atoms with van der Waals surface area (Å²) in [6.45, 7) is 8.06. The Labute approximate surface area is 132 Å². The minimum atomic E-state index is 0.0328. The van der Waals surface area contributed by atoms with E-state index in [0.29, 0.717) is 0 Å². The van der Waals surface area contributed by atoms with Gasteiger partial charge in [-0.1, -0.05) is 6.07 Å². The zero-order chi connectivity index (χ0) is 14.9. The van der Waals surface area contributed by atoms with Gasteiger partial charge in [0.05, 0.1) is 0 Å². The van der Waals surface area contributed by atoms with E-state index in [1.165, 1.54) is 0 Å². The van der Waals surface area contributed by atoms with Crippen molar-refractivity contribution < 1.29 is 0 Å². The first-order valence-electron chi connectivity index (χ1n) is 6.43. The molecular weight excluding hydrogens is 334 g/mol. The minimum Gasteiger partial charge on any atom is -0.324 e. The SMILES string of the molecule is Cc1nc(Sc2ccc(C(C)N)cc2Br)nc(C)c1C. The lowest BCUT2D eigenvalue weighted by molar-refractivity contribution is 0.815. The maximum absolute atomic E-state index is 5.89. The Bertz CT molecular complexity index is 618. The molecule has 2 N–H and O–H groups in total. The van der Waals surface area contributed by atoms with Gasteiger partial charge in [0.25, 0.3) is 0 Å². The van der Waals surface area contributed by atoms with Crippen molar-refractivity contribution in [1.82, 2.24) is 9.97 Å². The summed E-state index contributed by atoms with van der Waals surface area (Å²) in [7, 11) is 0. The van der Waals surface area contributed by atoms with E-state index in [1.807, 2.05) is 33.8 Å². The van der Waals surface area contributed by atoms with Gasteiger partial charge < -0.3 is 5.73 Å². The largest absolute Gasteiger partial charge is 0.324 e. The highest BCUT2D eigenvalue weighted by Crippen LogP contribution is 2.33. The summed E-state index contributed by atoms with van der Waals surface area (Å²) in [5.74, 6) is 0. The molecule has 106 valence electrons. The second-order valence-electron chi connectivity index (χ2n) is 4.88. The predicted octanol–water partition coefficient (Wildman–Crippen LogP) is 4.34. The average molecular weight is 352 g/mol. The third-order valence-electron chi connectivity index (χ3n) is 3.30. The Morgan fingerprint density at radius 2 is 1.75 bits per heavy atom. The number of nitrogens with two attached hydrogens (primary N) is 1. The first-order chi connectivity index (χ1) is 9.38. The van der Waals surface area contributed by atoms with Crippen LogP contribution in [0.3, 0.4) is 0 Å². The molecule has 1 atom stereocenters. The van der Waals surface area contributed by atoms with E-state index in [1.54, 1.807) is 11.8 Å². The standard InChI is InChI=1S/C15H18BrN3S/c1-8-10(3)18-15(19-11(8)4)20-14-6-5-12(9(2)17)7-13(14)16/h5-7,9H,17H2,1-4H3. The van der Waals surface area contributed by atoms with Crippen molar-refractivity contribution >= 4 is 27.7 Å². The monoisotopic (exact) mass is 351 g/mol. The van der Waals surface area contributed by atoms with Crippen LogP contribution in [-0.2, 0) is 0 Å². The summed E-state index contributed by atoms with van der Waals surface area (Å²) in [5, 5.41) is 0.778. The van der Waals surface area contributed by atoms with Gasteiger partial charge in [0.2, 0.25) is 0 Å². The summed E-state index contributed by atoms with van der Waals surface area (Å²) in [4.78, 5) is 10.2. The molecule has 2 rings (SSSR count). The number of rotatable bonds is 3. The second-order valence-corrected chi connectivity index (χ2v) is 6.75. The number of benzene rings is 1. The zero-order valence-corrected chi connectivity index (χ0v) is 14.5. The van der Waals surface area contributed by atoms with Crippen LogP contribution in [0.25, 0.3) is 0 Å². The van der Waals surface area contributed by atoms with Crippen LogP contribution in [0.1, 0.15) is 35.5 Å². The third kappa shape index (κ3) is 3.40. The molecule has 5 heteroatoms. The summed E-state index contributed by atoms with van der Waals surface area (Å²) in [6.07, 6.45) is 0. The molecule has 0 saturated heterocycles. The van der Waals surface area contributed by atoms with Crippen LogP contribution in [-0.4, -0.2) is 9.97 Å². The number of hydrogen-bond donors (Lipinski definition) is 1. The lowest BCUT2D eigenvalue weighted by Gasteiger charge is -2.10. The maximum Gasteiger partial charge on any atom is 0.192 e. The molecule has 1 aromatic carbocycles. The lowest BCUT2D eigenvalue weighted by Crippen LogP contribution is -2.04. The third-order valence-corrected chi connectivity index (χ3v) is 5.15. The molecule has 0 bridgehead atoms. The lowest BCUT2D eigenvalue weighted by atomic mass is 10.1. The molecule has 3 nitrogen and oxygen atoms in total. The van der Waals surface area contributed by atoms with E-state index in [-0.39, 0.29) is 6.04 Å². The van der Waals surface area contributed by atoms with Gasteiger partial charge in [0, 0.05) is 26.8 Å². The Kier molecular flexibility index (Phi) is 4.83. The van der Waals surface area contributed by atoms with E-state index in [0.717, 1.165) is 37.0 Å². The van der Waals surface area contributed by atoms with Gasteiger partial charge in [-0.3, -0.25) is 0 Å². The predicted molar refractivity (Wildman–Crippen MR) is 87.1 cm³/mol. The van der Waals surface area contributed by atoms with Gasteiger partial charge in [-0.15, -0.1) is 0 Å². The Hall–Kier alpha value is -0.910. The normalized spacial score (nSPS) is 12.5. The van der Waals surface area contributed by atoms with Gasteiger partial charge in [0.15, 0.2) is 5.16 Å². The molecule has 1 unspecified atom stereocenters. The van der Waals surface area contributed by atoms with Crippen molar-refractivity contribution in [2.75, 3.05) is 0 Å². The van der Waals surface area contributed by atoms with Crippen LogP contribution in [0, 0.1) is 20.8 Å². The molecule has 20 heavy (non-hydrogen) atoms. The van der Waals surface area contributed by atoms with E-state index in [9.17, 15) is 0 Å². The smallest absolute Gasteiger partial charge is 0.192 e. The molecule has 0 radical (unpaired) electrons. The molecule has 0 spiro atoms. The van der Waals surface area contributed by atoms with Crippen molar-refractivity contribution in [1.29, 1.82) is 0 Å². The van der Waals surface area contributed by atoms with Crippen molar-refractivity contribution in [2.24, 2.45) is 5.73 Å². The molecule has 0 fully saturated rings. The number of nitrogens with zero attached hydrogens (tertiary/aromatic N) is 2. The molecular formula is C15H18BrN3S. The van der Waals surface area contributed by atoms with Crippen LogP contribution < -0.4 is 5.73 Å². The van der Waals surface area contributed by atoms with Gasteiger partial charge in [-0.25, -0.2) is 9.97 Å². The quantitative estimate of drug-likeness (QED) is 0.835. The van der Waals surface area contributed by atoms with E-state index >= 15 is 0 Å².